The molecule has 0 bridgehead atoms. The molecule has 0 aliphatic carbocycles. The maximum absolute atomic E-state index is 11.6. The molecule has 1 aromatic carbocycles. The molecule has 0 saturated heterocycles. The molecule has 0 radical (unpaired) electrons. The quantitative estimate of drug-likeness (QED) is 0.385. The minimum atomic E-state index is -0.509. The average molecular weight is 257 g/mol. The van der Waals surface area contributed by atoms with Crippen molar-refractivity contribution in [3.63, 3.8) is 0 Å². The van der Waals surface area contributed by atoms with Gasteiger partial charge in [0.15, 0.2) is 0 Å². The predicted octanol–water partition coefficient (Wildman–Crippen LogP) is 1.71. The van der Waals surface area contributed by atoms with Crippen molar-refractivity contribution < 1.29 is 14.3 Å². The van der Waals surface area contributed by atoms with Crippen LogP contribution < -0.4 is 10.5 Å². The van der Waals surface area contributed by atoms with Crippen LogP contribution in [0.25, 0.3) is 0 Å². The second-order valence-corrected chi connectivity index (χ2v) is 3.38. The lowest BCUT2D eigenvalue weighted by molar-refractivity contribution is 0.0601. The van der Waals surface area contributed by atoms with Crippen LogP contribution in [0, 0.1) is 0 Å². The fraction of sp³-hybridized carbons (Fsp3) is 0.273. The van der Waals surface area contributed by atoms with Crippen LogP contribution in [-0.2, 0) is 4.74 Å². The van der Waals surface area contributed by atoms with Gasteiger partial charge in [0, 0.05) is 0 Å². The smallest absolute Gasteiger partial charge is 0.340 e. The Balaban J connectivity index is 3.24. The Kier molecular flexibility index (Phi) is 4.78. The summed E-state index contributed by atoms with van der Waals surface area (Å²) in [6, 6.07) is 4.82. The lowest BCUT2D eigenvalue weighted by Crippen LogP contribution is -2.13. The number of aliphatic imine (C=N–C) groups is 1. The molecule has 0 unspecified atom stereocenters. The number of carbonyl (C=O) groups excluding carboxylic acids is 1. The van der Waals surface area contributed by atoms with Crippen molar-refractivity contribution in [2.45, 2.75) is 0 Å². The van der Waals surface area contributed by atoms with Gasteiger partial charge in [-0.2, -0.15) is 0 Å². The van der Waals surface area contributed by atoms with Crippen LogP contribution in [0.4, 0.5) is 5.69 Å². The third kappa shape index (κ3) is 3.35. The summed E-state index contributed by atoms with van der Waals surface area (Å²) in [5.74, 6) is 0.341. The van der Waals surface area contributed by atoms with Crippen molar-refractivity contribution in [2.75, 3.05) is 20.1 Å². The summed E-state index contributed by atoms with van der Waals surface area (Å²) in [5, 5.41) is 0. The van der Waals surface area contributed by atoms with Crippen LogP contribution in [0.5, 0.6) is 5.75 Å². The second kappa shape index (κ2) is 6.10. The standard InChI is InChI=1S/C11H13ClN2O3/c1-16-7-3-4-9(14-10(13)6-12)8(5-7)11(15)17-2/h3-5H,6H2,1-2H3,(H2,13,14). The van der Waals surface area contributed by atoms with Gasteiger partial charge in [-0.05, 0) is 18.2 Å². The number of esters is 1. The zero-order valence-electron chi connectivity index (χ0n) is 9.57. The number of amidine groups is 1. The highest BCUT2D eigenvalue weighted by Crippen LogP contribution is 2.25. The Bertz CT molecular complexity index is 446. The molecular weight excluding hydrogens is 244 g/mol. The molecule has 0 saturated carbocycles. The first kappa shape index (κ1) is 13.3. The summed E-state index contributed by atoms with van der Waals surface area (Å²) in [6.45, 7) is 0. The number of hydrogen-bond acceptors (Lipinski definition) is 4. The summed E-state index contributed by atoms with van der Waals surface area (Å²) >= 11 is 5.53. The van der Waals surface area contributed by atoms with Crippen molar-refractivity contribution in [3.05, 3.63) is 23.8 Å². The zero-order valence-corrected chi connectivity index (χ0v) is 10.3. The van der Waals surface area contributed by atoms with E-state index in [4.69, 9.17) is 22.1 Å². The Morgan fingerprint density at radius 1 is 1.47 bits per heavy atom. The lowest BCUT2D eigenvalue weighted by Gasteiger charge is -2.07. The van der Waals surface area contributed by atoms with Crippen LogP contribution in [-0.4, -0.2) is 31.9 Å². The van der Waals surface area contributed by atoms with Crippen LogP contribution in [0.3, 0.4) is 0 Å². The number of rotatable bonds is 4. The van der Waals surface area contributed by atoms with Crippen molar-refractivity contribution in [3.8, 4) is 5.75 Å². The largest absolute Gasteiger partial charge is 0.497 e. The van der Waals surface area contributed by atoms with E-state index >= 15 is 0 Å². The third-order valence-electron chi connectivity index (χ3n) is 2.01. The van der Waals surface area contributed by atoms with Gasteiger partial charge >= 0.3 is 5.97 Å². The van der Waals surface area contributed by atoms with Gasteiger partial charge < -0.3 is 15.2 Å². The zero-order chi connectivity index (χ0) is 12.8. The Morgan fingerprint density at radius 2 is 2.18 bits per heavy atom. The molecule has 0 aliphatic rings. The minimum Gasteiger partial charge on any atom is -0.497 e. The number of hydrogen-bond donors (Lipinski definition) is 1. The van der Waals surface area contributed by atoms with E-state index in [-0.39, 0.29) is 17.3 Å². The summed E-state index contributed by atoms with van der Waals surface area (Å²) in [4.78, 5) is 15.6. The number of nitrogens with zero attached hydrogens (tertiary/aromatic N) is 1. The van der Waals surface area contributed by atoms with E-state index in [1.54, 1.807) is 12.1 Å². The SMILES string of the molecule is COC(=O)c1cc(OC)ccc1N=C(N)CCl. The fourth-order valence-electron chi connectivity index (χ4n) is 1.20. The van der Waals surface area contributed by atoms with E-state index in [1.165, 1.54) is 20.3 Å². The van der Waals surface area contributed by atoms with E-state index < -0.39 is 5.97 Å². The summed E-state index contributed by atoms with van der Waals surface area (Å²) in [5.41, 5.74) is 6.20. The Labute approximate surface area is 104 Å². The molecule has 2 N–H and O–H groups in total. The maximum atomic E-state index is 11.6. The first-order valence-corrected chi connectivity index (χ1v) is 5.31. The van der Waals surface area contributed by atoms with E-state index in [1.807, 2.05) is 0 Å². The fourth-order valence-corrected chi connectivity index (χ4v) is 1.26. The molecular formula is C11H13ClN2O3. The number of ether oxygens (including phenoxy) is 2. The number of halogens is 1. The summed E-state index contributed by atoms with van der Waals surface area (Å²) in [7, 11) is 2.80. The van der Waals surface area contributed by atoms with Gasteiger partial charge in [0.05, 0.1) is 31.4 Å². The third-order valence-corrected chi connectivity index (χ3v) is 2.28. The van der Waals surface area contributed by atoms with Gasteiger partial charge in [-0.3, -0.25) is 0 Å². The Hall–Kier alpha value is -1.75. The van der Waals surface area contributed by atoms with Crippen molar-refractivity contribution in [2.24, 2.45) is 10.7 Å². The van der Waals surface area contributed by atoms with Crippen molar-refractivity contribution >= 4 is 29.1 Å². The molecule has 0 aliphatic heterocycles. The molecule has 0 spiro atoms. The highest BCUT2D eigenvalue weighted by Gasteiger charge is 2.13. The molecule has 5 nitrogen and oxygen atoms in total. The molecule has 0 aromatic heterocycles. The topological polar surface area (TPSA) is 73.9 Å². The predicted molar refractivity (Wildman–Crippen MR) is 66.3 cm³/mol. The molecule has 1 rings (SSSR count). The van der Waals surface area contributed by atoms with Crippen LogP contribution in [0.15, 0.2) is 23.2 Å². The van der Waals surface area contributed by atoms with Crippen molar-refractivity contribution in [1.29, 1.82) is 0 Å². The number of nitrogens with two attached hydrogens (primary N) is 1. The highest BCUT2D eigenvalue weighted by molar-refractivity contribution is 6.28. The summed E-state index contributed by atoms with van der Waals surface area (Å²) < 4.78 is 9.68. The van der Waals surface area contributed by atoms with Gasteiger partial charge in [0.2, 0.25) is 0 Å². The molecule has 0 atom stereocenters. The monoisotopic (exact) mass is 256 g/mol. The normalized spacial score (nSPS) is 11.1. The number of carbonyl (C=O) groups is 1. The molecule has 6 heteroatoms. The van der Waals surface area contributed by atoms with Crippen LogP contribution in [0.2, 0.25) is 0 Å². The minimum absolute atomic E-state index is 0.0899. The molecule has 17 heavy (non-hydrogen) atoms. The molecule has 0 fully saturated rings. The summed E-state index contributed by atoms with van der Waals surface area (Å²) in [6.07, 6.45) is 0. The van der Waals surface area contributed by atoms with Gasteiger partial charge in [-0.15, -0.1) is 11.6 Å². The van der Waals surface area contributed by atoms with Gasteiger partial charge in [0.25, 0.3) is 0 Å². The van der Waals surface area contributed by atoms with Crippen LogP contribution in [0.1, 0.15) is 10.4 Å². The van der Waals surface area contributed by atoms with Gasteiger partial charge in [0.1, 0.15) is 11.6 Å². The number of benzene rings is 1. The highest BCUT2D eigenvalue weighted by atomic mass is 35.5. The van der Waals surface area contributed by atoms with Gasteiger partial charge in [-0.1, -0.05) is 0 Å². The van der Waals surface area contributed by atoms with E-state index in [0.29, 0.717) is 11.4 Å². The first-order chi connectivity index (χ1) is 8.12. The lowest BCUT2D eigenvalue weighted by atomic mass is 10.1. The van der Waals surface area contributed by atoms with Crippen molar-refractivity contribution in [1.82, 2.24) is 0 Å². The number of alkyl halides is 1. The van der Waals surface area contributed by atoms with Crippen LogP contribution >= 0.6 is 11.6 Å². The van der Waals surface area contributed by atoms with E-state index in [2.05, 4.69) is 9.73 Å². The molecule has 1 aromatic rings. The second-order valence-electron chi connectivity index (χ2n) is 3.11. The van der Waals surface area contributed by atoms with Gasteiger partial charge in [-0.25, -0.2) is 9.79 Å². The molecule has 92 valence electrons. The van der Waals surface area contributed by atoms with E-state index in [9.17, 15) is 4.79 Å². The first-order valence-electron chi connectivity index (χ1n) is 4.77. The van der Waals surface area contributed by atoms with E-state index in [0.717, 1.165) is 0 Å². The molecule has 0 heterocycles. The molecule has 0 amide bonds. The Morgan fingerprint density at radius 3 is 2.71 bits per heavy atom. The number of methoxy groups -OCH3 is 2. The maximum Gasteiger partial charge on any atom is 0.340 e. The average Bonchev–Trinajstić information content (AvgIpc) is 2.38.